The molecule has 1 aromatic heterocycles. The van der Waals surface area contributed by atoms with Crippen molar-refractivity contribution in [2.24, 2.45) is 0 Å². The summed E-state index contributed by atoms with van der Waals surface area (Å²) in [6, 6.07) is 13.8. The predicted molar refractivity (Wildman–Crippen MR) is 93.9 cm³/mol. The summed E-state index contributed by atoms with van der Waals surface area (Å²) in [6.07, 6.45) is -0.861. The minimum absolute atomic E-state index is 0.0202. The summed E-state index contributed by atoms with van der Waals surface area (Å²) in [5.74, 6) is -0.334. The number of hydrogen-bond acceptors (Lipinski definition) is 3. The fraction of sp³-hybridized carbons (Fsp3) is 0.316. The molecule has 0 aliphatic rings. The number of aromatic nitrogens is 2. The Morgan fingerprint density at radius 1 is 1.08 bits per heavy atom. The molecule has 0 saturated heterocycles. The monoisotopic (exact) mass is 344 g/mol. The van der Waals surface area contributed by atoms with E-state index in [1.54, 1.807) is 27.3 Å². The molecule has 5 nitrogen and oxygen atoms in total. The largest absolute Gasteiger partial charge is 0.389 e. The number of nitrogens with zero attached hydrogens (tertiary/aromatic N) is 2. The van der Waals surface area contributed by atoms with Crippen molar-refractivity contribution >= 4 is 11.0 Å². The van der Waals surface area contributed by atoms with E-state index in [-0.39, 0.29) is 31.3 Å². The summed E-state index contributed by atoms with van der Waals surface area (Å²) in [5.41, 5.74) is 1.91. The third-order valence-corrected chi connectivity index (χ3v) is 4.16. The molecule has 0 bridgehead atoms. The molecule has 0 saturated carbocycles. The Morgan fingerprint density at radius 3 is 2.40 bits per heavy atom. The van der Waals surface area contributed by atoms with Crippen LogP contribution in [-0.4, -0.2) is 27.0 Å². The molecule has 1 heterocycles. The van der Waals surface area contributed by atoms with Gasteiger partial charge in [-0.3, -0.25) is 9.13 Å². The maximum atomic E-state index is 13.5. The third-order valence-electron chi connectivity index (χ3n) is 4.16. The van der Waals surface area contributed by atoms with E-state index in [2.05, 4.69) is 0 Å². The zero-order valence-electron chi connectivity index (χ0n) is 14.1. The van der Waals surface area contributed by atoms with Crippen LogP contribution in [0.25, 0.3) is 11.0 Å². The van der Waals surface area contributed by atoms with Crippen molar-refractivity contribution in [2.45, 2.75) is 32.7 Å². The van der Waals surface area contributed by atoms with E-state index in [1.807, 2.05) is 31.2 Å². The second-order valence-electron chi connectivity index (χ2n) is 5.89. The Hall–Kier alpha value is -2.44. The number of aryl methyl sites for hydroxylation is 1. The van der Waals surface area contributed by atoms with Gasteiger partial charge in [-0.05, 0) is 25.1 Å². The van der Waals surface area contributed by atoms with Crippen molar-refractivity contribution in [3.8, 4) is 0 Å². The van der Waals surface area contributed by atoms with Gasteiger partial charge in [-0.25, -0.2) is 9.18 Å². The van der Waals surface area contributed by atoms with Crippen LogP contribution < -0.4 is 5.69 Å². The van der Waals surface area contributed by atoms with Crippen LogP contribution in [0, 0.1) is 5.82 Å². The van der Waals surface area contributed by atoms with Crippen molar-refractivity contribution in [1.29, 1.82) is 0 Å². The van der Waals surface area contributed by atoms with Gasteiger partial charge in [0.15, 0.2) is 0 Å². The molecule has 0 aliphatic carbocycles. The highest BCUT2D eigenvalue weighted by molar-refractivity contribution is 5.75. The molecule has 0 amide bonds. The van der Waals surface area contributed by atoms with Gasteiger partial charge in [-0.1, -0.05) is 30.3 Å². The molecule has 25 heavy (non-hydrogen) atoms. The van der Waals surface area contributed by atoms with Crippen molar-refractivity contribution in [2.75, 3.05) is 6.61 Å². The van der Waals surface area contributed by atoms with Gasteiger partial charge >= 0.3 is 5.69 Å². The average molecular weight is 344 g/mol. The lowest BCUT2D eigenvalue weighted by Gasteiger charge is -2.12. The van der Waals surface area contributed by atoms with Crippen molar-refractivity contribution in [3.05, 3.63) is 70.4 Å². The summed E-state index contributed by atoms with van der Waals surface area (Å²) in [6.45, 7) is 2.70. The molecule has 0 spiro atoms. The van der Waals surface area contributed by atoms with Gasteiger partial charge in [0.25, 0.3) is 0 Å². The summed E-state index contributed by atoms with van der Waals surface area (Å²) < 4.78 is 22.2. The second kappa shape index (κ2) is 7.63. The number of rotatable bonds is 7. The molecule has 6 heteroatoms. The molecule has 0 radical (unpaired) electrons. The van der Waals surface area contributed by atoms with Crippen LogP contribution in [0.4, 0.5) is 4.39 Å². The van der Waals surface area contributed by atoms with Crippen molar-refractivity contribution < 1.29 is 14.2 Å². The van der Waals surface area contributed by atoms with Gasteiger partial charge in [0.2, 0.25) is 0 Å². The smallest absolute Gasteiger partial charge is 0.329 e. The number of halogens is 1. The maximum Gasteiger partial charge on any atom is 0.329 e. The number of hydrogen-bond donors (Lipinski definition) is 1. The Bertz CT molecular complexity index is 916. The molecule has 1 unspecified atom stereocenters. The first-order valence-electron chi connectivity index (χ1n) is 8.29. The Balaban J connectivity index is 1.68. The van der Waals surface area contributed by atoms with Gasteiger partial charge in [-0.15, -0.1) is 0 Å². The zero-order valence-corrected chi connectivity index (χ0v) is 14.1. The van der Waals surface area contributed by atoms with E-state index in [0.29, 0.717) is 12.1 Å². The Labute approximate surface area is 144 Å². The Kier molecular flexibility index (Phi) is 5.31. The van der Waals surface area contributed by atoms with E-state index in [0.717, 1.165) is 11.0 Å². The van der Waals surface area contributed by atoms with E-state index in [4.69, 9.17) is 4.74 Å². The normalized spacial score (nSPS) is 12.6. The van der Waals surface area contributed by atoms with Gasteiger partial charge in [0, 0.05) is 12.1 Å². The van der Waals surface area contributed by atoms with Gasteiger partial charge in [-0.2, -0.15) is 0 Å². The number of ether oxygens (including phenoxy) is 1. The molecule has 1 N–H and O–H groups in total. The van der Waals surface area contributed by atoms with E-state index in [1.165, 1.54) is 6.07 Å². The number of benzene rings is 2. The fourth-order valence-corrected chi connectivity index (χ4v) is 2.94. The predicted octanol–water partition coefficient (Wildman–Crippen LogP) is 2.54. The molecule has 2 aromatic carbocycles. The summed E-state index contributed by atoms with van der Waals surface area (Å²) in [4.78, 5) is 12.5. The van der Waals surface area contributed by atoms with E-state index >= 15 is 0 Å². The SMILES string of the molecule is CCn1c(=O)n(CC(O)COCc2ccccc2F)c2ccccc21. The highest BCUT2D eigenvalue weighted by Crippen LogP contribution is 2.13. The third kappa shape index (κ3) is 3.65. The van der Waals surface area contributed by atoms with Gasteiger partial charge < -0.3 is 9.84 Å². The number of imidazole rings is 1. The number of aliphatic hydroxyl groups excluding tert-OH is 1. The lowest BCUT2D eigenvalue weighted by Crippen LogP contribution is -2.30. The molecule has 0 fully saturated rings. The van der Waals surface area contributed by atoms with Crippen LogP contribution in [0.15, 0.2) is 53.3 Å². The topological polar surface area (TPSA) is 56.4 Å². The van der Waals surface area contributed by atoms with Gasteiger partial charge in [0.1, 0.15) is 5.82 Å². The maximum absolute atomic E-state index is 13.5. The first-order chi connectivity index (χ1) is 12.1. The molecule has 1 atom stereocenters. The highest BCUT2D eigenvalue weighted by atomic mass is 19.1. The number of aliphatic hydroxyl groups is 1. The van der Waals surface area contributed by atoms with E-state index in [9.17, 15) is 14.3 Å². The summed E-state index contributed by atoms with van der Waals surface area (Å²) in [7, 11) is 0. The van der Waals surface area contributed by atoms with Crippen LogP contribution in [0.3, 0.4) is 0 Å². The Morgan fingerprint density at radius 2 is 1.72 bits per heavy atom. The average Bonchev–Trinajstić information content (AvgIpc) is 2.88. The molecule has 3 rings (SSSR count). The lowest BCUT2D eigenvalue weighted by molar-refractivity contribution is 0.0195. The second-order valence-corrected chi connectivity index (χ2v) is 5.89. The first-order valence-corrected chi connectivity index (χ1v) is 8.29. The summed E-state index contributed by atoms with van der Waals surface area (Å²) in [5, 5.41) is 10.2. The minimum Gasteiger partial charge on any atom is -0.389 e. The minimum atomic E-state index is -0.861. The van der Waals surface area contributed by atoms with E-state index < -0.39 is 6.10 Å². The number of para-hydroxylation sites is 2. The highest BCUT2D eigenvalue weighted by Gasteiger charge is 2.15. The summed E-state index contributed by atoms with van der Waals surface area (Å²) >= 11 is 0. The quantitative estimate of drug-likeness (QED) is 0.717. The molecule has 0 aliphatic heterocycles. The number of fused-ring (bicyclic) bond motifs is 1. The first kappa shape index (κ1) is 17.4. The van der Waals surface area contributed by atoms with Crippen LogP contribution >= 0.6 is 0 Å². The van der Waals surface area contributed by atoms with Crippen LogP contribution in [0.5, 0.6) is 0 Å². The molecule has 3 aromatic rings. The standard InChI is InChI=1S/C19H21FN2O3/c1-2-21-17-9-5-6-10-18(17)22(19(21)24)11-15(23)13-25-12-14-7-3-4-8-16(14)20/h3-10,15,23H,2,11-13H2,1H3. The molecule has 132 valence electrons. The fourth-order valence-electron chi connectivity index (χ4n) is 2.94. The van der Waals surface area contributed by atoms with Crippen LogP contribution in [-0.2, 0) is 24.4 Å². The van der Waals surface area contributed by atoms with Gasteiger partial charge in [0.05, 0.1) is 36.9 Å². The lowest BCUT2D eigenvalue weighted by atomic mass is 10.2. The molecular weight excluding hydrogens is 323 g/mol. The van der Waals surface area contributed by atoms with Crippen LogP contribution in [0.2, 0.25) is 0 Å². The van der Waals surface area contributed by atoms with Crippen LogP contribution in [0.1, 0.15) is 12.5 Å². The van der Waals surface area contributed by atoms with Crippen molar-refractivity contribution in [3.63, 3.8) is 0 Å². The zero-order chi connectivity index (χ0) is 17.8. The molecular formula is C19H21FN2O3. The van der Waals surface area contributed by atoms with Crippen molar-refractivity contribution in [1.82, 2.24) is 9.13 Å².